The molecule has 2 heterocycles. The Morgan fingerprint density at radius 1 is 1.29 bits per heavy atom. The van der Waals surface area contributed by atoms with E-state index in [-0.39, 0.29) is 24.8 Å². The number of hydrogen-bond donors (Lipinski definition) is 3. The molecular formula is C17H22FN3O3. The van der Waals surface area contributed by atoms with Crippen molar-refractivity contribution in [1.82, 2.24) is 15.7 Å². The molecule has 0 spiro atoms. The van der Waals surface area contributed by atoms with Crippen molar-refractivity contribution in [1.29, 1.82) is 0 Å². The van der Waals surface area contributed by atoms with Gasteiger partial charge in [-0.3, -0.25) is 14.8 Å². The minimum absolute atomic E-state index is 0.0432. The molecule has 0 unspecified atom stereocenters. The molecule has 2 aliphatic rings. The first-order valence-electron chi connectivity index (χ1n) is 8.25. The van der Waals surface area contributed by atoms with Gasteiger partial charge in [0.15, 0.2) is 0 Å². The smallest absolute Gasteiger partial charge is 0.248 e. The summed E-state index contributed by atoms with van der Waals surface area (Å²) in [6, 6.07) is 9.22. The van der Waals surface area contributed by atoms with Gasteiger partial charge in [-0.15, -0.1) is 0 Å². The van der Waals surface area contributed by atoms with Crippen molar-refractivity contribution in [3.8, 4) is 0 Å². The zero-order valence-electron chi connectivity index (χ0n) is 13.3. The van der Waals surface area contributed by atoms with Crippen molar-refractivity contribution >= 4 is 11.8 Å². The Bertz CT molecular complexity index is 598. The molecule has 2 fully saturated rings. The zero-order valence-corrected chi connectivity index (χ0v) is 13.3. The normalized spacial score (nSPS) is 30.2. The van der Waals surface area contributed by atoms with Gasteiger partial charge in [-0.25, -0.2) is 9.87 Å². The number of nitrogens with zero attached hydrogens (tertiary/aromatic N) is 1. The van der Waals surface area contributed by atoms with Crippen LogP contribution >= 0.6 is 0 Å². The molecule has 3 rings (SSSR count). The molecule has 0 aromatic heterocycles. The molecule has 6 nitrogen and oxygen atoms in total. The maximum atomic E-state index is 13.6. The number of carbonyl (C=O) groups is 2. The van der Waals surface area contributed by atoms with Gasteiger partial charge in [-0.1, -0.05) is 30.3 Å². The van der Waals surface area contributed by atoms with Crippen LogP contribution in [0.4, 0.5) is 4.39 Å². The Morgan fingerprint density at radius 3 is 2.75 bits per heavy atom. The molecule has 0 bridgehead atoms. The van der Waals surface area contributed by atoms with Crippen molar-refractivity contribution in [2.24, 2.45) is 5.92 Å². The molecule has 1 aromatic carbocycles. The summed E-state index contributed by atoms with van der Waals surface area (Å²) in [5.74, 6) is -1.55. The van der Waals surface area contributed by atoms with Gasteiger partial charge in [-0.05, 0) is 18.4 Å². The molecule has 0 aliphatic carbocycles. The molecule has 2 aliphatic heterocycles. The summed E-state index contributed by atoms with van der Waals surface area (Å²) in [7, 11) is 0. The highest BCUT2D eigenvalue weighted by Crippen LogP contribution is 2.29. The van der Waals surface area contributed by atoms with Gasteiger partial charge < -0.3 is 10.2 Å². The summed E-state index contributed by atoms with van der Waals surface area (Å²) in [6.07, 6.45) is -0.399. The van der Waals surface area contributed by atoms with Crippen molar-refractivity contribution < 1.29 is 19.2 Å². The van der Waals surface area contributed by atoms with E-state index in [1.807, 2.05) is 30.3 Å². The molecule has 0 radical (unpaired) electrons. The molecule has 7 heteroatoms. The van der Waals surface area contributed by atoms with Crippen LogP contribution in [0.2, 0.25) is 0 Å². The standard InChI is InChI=1S/C17H22FN3O3/c18-13-8-14(16(22)20-24)15(19-9-13)17(23)21-7-6-12(10-21)11-4-2-1-3-5-11/h1-5,12-15,19,24H,6-10H2,(H,20,22)/t12-,13+,14-,15-/m0/s1. The molecule has 3 N–H and O–H groups in total. The first kappa shape index (κ1) is 16.9. The summed E-state index contributed by atoms with van der Waals surface area (Å²) in [6.45, 7) is 1.25. The third kappa shape index (κ3) is 3.42. The lowest BCUT2D eigenvalue weighted by Gasteiger charge is -2.34. The lowest BCUT2D eigenvalue weighted by atomic mass is 9.88. The predicted molar refractivity (Wildman–Crippen MR) is 85.1 cm³/mol. The van der Waals surface area contributed by atoms with Crippen molar-refractivity contribution in [2.75, 3.05) is 19.6 Å². The number of nitrogens with one attached hydrogen (secondary N) is 2. The Balaban J connectivity index is 1.68. The van der Waals surface area contributed by atoms with Crippen LogP contribution in [-0.2, 0) is 9.59 Å². The summed E-state index contributed by atoms with van der Waals surface area (Å²) < 4.78 is 13.6. The summed E-state index contributed by atoms with van der Waals surface area (Å²) in [5.41, 5.74) is 2.74. The van der Waals surface area contributed by atoms with Crippen LogP contribution in [-0.4, -0.2) is 53.8 Å². The van der Waals surface area contributed by atoms with Crippen molar-refractivity contribution in [3.05, 3.63) is 35.9 Å². The number of rotatable bonds is 3. The fourth-order valence-electron chi connectivity index (χ4n) is 3.65. The Kier molecular flexibility index (Phi) is 5.11. The summed E-state index contributed by atoms with van der Waals surface area (Å²) >= 11 is 0. The molecule has 0 saturated carbocycles. The Labute approximate surface area is 140 Å². The van der Waals surface area contributed by atoms with E-state index < -0.39 is 24.0 Å². The molecule has 4 atom stereocenters. The molecular weight excluding hydrogens is 313 g/mol. The van der Waals surface area contributed by atoms with Crippen LogP contribution in [0.3, 0.4) is 0 Å². The van der Waals surface area contributed by atoms with E-state index in [0.29, 0.717) is 13.1 Å². The average molecular weight is 335 g/mol. The number of benzene rings is 1. The van der Waals surface area contributed by atoms with Crippen LogP contribution in [0.5, 0.6) is 0 Å². The van der Waals surface area contributed by atoms with Crippen LogP contribution in [0, 0.1) is 5.92 Å². The third-order valence-corrected chi connectivity index (χ3v) is 4.96. The number of likely N-dealkylation sites (tertiary alicyclic amines) is 1. The lowest BCUT2D eigenvalue weighted by molar-refractivity contribution is -0.144. The van der Waals surface area contributed by atoms with Gasteiger partial charge in [0.25, 0.3) is 0 Å². The van der Waals surface area contributed by atoms with E-state index in [4.69, 9.17) is 5.21 Å². The fraction of sp³-hybridized carbons (Fsp3) is 0.529. The van der Waals surface area contributed by atoms with E-state index in [1.54, 1.807) is 10.4 Å². The van der Waals surface area contributed by atoms with E-state index in [0.717, 1.165) is 6.42 Å². The van der Waals surface area contributed by atoms with Crippen LogP contribution in [0.1, 0.15) is 24.3 Å². The number of halogens is 1. The molecule has 2 amide bonds. The summed E-state index contributed by atoms with van der Waals surface area (Å²) in [5, 5.41) is 11.7. The number of hydroxylamine groups is 1. The predicted octanol–water partition coefficient (Wildman–Crippen LogP) is 0.824. The lowest BCUT2D eigenvalue weighted by Crippen LogP contribution is -2.58. The van der Waals surface area contributed by atoms with Crippen molar-refractivity contribution in [3.63, 3.8) is 0 Å². The fourth-order valence-corrected chi connectivity index (χ4v) is 3.65. The number of amides is 2. The Hall–Kier alpha value is -1.99. The zero-order chi connectivity index (χ0) is 17.1. The monoisotopic (exact) mass is 335 g/mol. The highest BCUT2D eigenvalue weighted by Gasteiger charge is 2.42. The van der Waals surface area contributed by atoms with E-state index in [2.05, 4.69) is 5.32 Å². The van der Waals surface area contributed by atoms with Gasteiger partial charge in [0.2, 0.25) is 11.8 Å². The SMILES string of the molecule is O=C(NO)[C@H]1C[C@@H](F)CN[C@@H]1C(=O)N1CC[C@H](c2ccccc2)C1. The molecule has 2 saturated heterocycles. The summed E-state index contributed by atoms with van der Waals surface area (Å²) in [4.78, 5) is 26.3. The first-order valence-corrected chi connectivity index (χ1v) is 8.25. The maximum Gasteiger partial charge on any atom is 0.248 e. The van der Waals surface area contributed by atoms with Gasteiger partial charge >= 0.3 is 0 Å². The minimum Gasteiger partial charge on any atom is -0.341 e. The van der Waals surface area contributed by atoms with E-state index >= 15 is 0 Å². The van der Waals surface area contributed by atoms with Crippen LogP contribution in [0.15, 0.2) is 30.3 Å². The van der Waals surface area contributed by atoms with Crippen LogP contribution < -0.4 is 10.8 Å². The number of piperidine rings is 1. The van der Waals surface area contributed by atoms with Crippen LogP contribution in [0.25, 0.3) is 0 Å². The second kappa shape index (κ2) is 7.27. The average Bonchev–Trinajstić information content (AvgIpc) is 3.11. The third-order valence-electron chi connectivity index (χ3n) is 4.96. The maximum absolute atomic E-state index is 13.6. The highest BCUT2D eigenvalue weighted by molar-refractivity contribution is 5.90. The van der Waals surface area contributed by atoms with E-state index in [9.17, 15) is 14.0 Å². The van der Waals surface area contributed by atoms with Gasteiger partial charge in [0.05, 0.1) is 12.0 Å². The van der Waals surface area contributed by atoms with Crippen molar-refractivity contribution in [2.45, 2.75) is 31.0 Å². The van der Waals surface area contributed by atoms with Gasteiger partial charge in [0.1, 0.15) is 6.17 Å². The number of alkyl halides is 1. The van der Waals surface area contributed by atoms with Gasteiger partial charge in [0, 0.05) is 25.6 Å². The first-order chi connectivity index (χ1) is 11.6. The van der Waals surface area contributed by atoms with E-state index in [1.165, 1.54) is 5.56 Å². The molecule has 130 valence electrons. The Morgan fingerprint density at radius 2 is 2.04 bits per heavy atom. The minimum atomic E-state index is -1.20. The van der Waals surface area contributed by atoms with Gasteiger partial charge in [-0.2, -0.15) is 0 Å². The largest absolute Gasteiger partial charge is 0.341 e. The molecule has 24 heavy (non-hydrogen) atoms. The number of carbonyl (C=O) groups excluding carboxylic acids is 2. The quantitative estimate of drug-likeness (QED) is 0.564. The highest BCUT2D eigenvalue weighted by atomic mass is 19.1. The topological polar surface area (TPSA) is 81.7 Å². The second-order valence-corrected chi connectivity index (χ2v) is 6.48. The molecule has 1 aromatic rings. The second-order valence-electron chi connectivity index (χ2n) is 6.48. The number of hydrogen-bond acceptors (Lipinski definition) is 4.